The number of pyridine rings is 1. The third-order valence-corrected chi connectivity index (χ3v) is 4.14. The first kappa shape index (κ1) is 12.4. The molecule has 2 aliphatic rings. The Labute approximate surface area is 114 Å². The molecule has 3 rings (SSSR count). The lowest BCUT2D eigenvalue weighted by Crippen LogP contribution is -2.47. The fourth-order valence-electron chi connectivity index (χ4n) is 2.96. The summed E-state index contributed by atoms with van der Waals surface area (Å²) >= 11 is 0. The molecule has 4 nitrogen and oxygen atoms in total. The van der Waals surface area contributed by atoms with Gasteiger partial charge < -0.3 is 4.90 Å². The van der Waals surface area contributed by atoms with Crippen LogP contribution >= 0.6 is 0 Å². The lowest BCUT2D eigenvalue weighted by molar-refractivity contribution is 0.248. The minimum absolute atomic E-state index is 0.741. The molecule has 2 fully saturated rings. The summed E-state index contributed by atoms with van der Waals surface area (Å²) in [7, 11) is 0. The van der Waals surface area contributed by atoms with Crippen LogP contribution in [0.3, 0.4) is 0 Å². The van der Waals surface area contributed by atoms with Crippen molar-refractivity contribution in [2.24, 2.45) is 0 Å². The van der Waals surface area contributed by atoms with Crippen molar-refractivity contribution in [2.45, 2.75) is 32.7 Å². The Hall–Kier alpha value is -1.60. The van der Waals surface area contributed by atoms with Crippen molar-refractivity contribution in [1.82, 2.24) is 9.88 Å². The van der Waals surface area contributed by atoms with Gasteiger partial charge in [0.1, 0.15) is 6.07 Å². The topological polar surface area (TPSA) is 43.2 Å². The highest BCUT2D eigenvalue weighted by molar-refractivity contribution is 5.61. The van der Waals surface area contributed by atoms with Crippen molar-refractivity contribution >= 4 is 5.69 Å². The van der Waals surface area contributed by atoms with Gasteiger partial charge in [0.2, 0.25) is 0 Å². The molecular formula is C15H20N4. The van der Waals surface area contributed by atoms with E-state index in [2.05, 4.69) is 26.9 Å². The van der Waals surface area contributed by atoms with Gasteiger partial charge in [0.05, 0.1) is 16.9 Å². The first-order valence-corrected chi connectivity index (χ1v) is 7.06. The molecule has 0 N–H and O–H groups in total. The van der Waals surface area contributed by atoms with Gasteiger partial charge in [-0.1, -0.05) is 0 Å². The normalized spacial score (nSPS) is 20.4. The lowest BCUT2D eigenvalue weighted by atomic mass is 10.1. The molecule has 0 bridgehead atoms. The van der Waals surface area contributed by atoms with E-state index in [-0.39, 0.29) is 0 Å². The summed E-state index contributed by atoms with van der Waals surface area (Å²) in [6.07, 6.45) is 2.74. The molecule has 19 heavy (non-hydrogen) atoms. The molecule has 0 amide bonds. The Morgan fingerprint density at radius 3 is 2.47 bits per heavy atom. The quantitative estimate of drug-likeness (QED) is 0.810. The minimum Gasteiger partial charge on any atom is -0.368 e. The number of piperazine rings is 1. The van der Waals surface area contributed by atoms with Crippen molar-refractivity contribution in [2.75, 3.05) is 31.1 Å². The molecule has 1 saturated carbocycles. The van der Waals surface area contributed by atoms with Crippen molar-refractivity contribution in [3.8, 4) is 6.07 Å². The molecule has 1 aromatic rings. The molecule has 100 valence electrons. The third-order valence-electron chi connectivity index (χ3n) is 4.14. The maximum Gasteiger partial charge on any atom is 0.103 e. The summed E-state index contributed by atoms with van der Waals surface area (Å²) in [6, 6.07) is 5.22. The van der Waals surface area contributed by atoms with Gasteiger partial charge in [-0.3, -0.25) is 9.88 Å². The van der Waals surface area contributed by atoms with E-state index in [0.717, 1.165) is 54.9 Å². The van der Waals surface area contributed by atoms with Crippen molar-refractivity contribution in [3.63, 3.8) is 0 Å². The molecule has 0 spiro atoms. The average molecular weight is 256 g/mol. The highest BCUT2D eigenvalue weighted by Gasteiger charge is 2.31. The van der Waals surface area contributed by atoms with Gasteiger partial charge in [0.25, 0.3) is 0 Å². The Bertz CT molecular complexity index is 520. The van der Waals surface area contributed by atoms with Gasteiger partial charge in [-0.15, -0.1) is 0 Å². The van der Waals surface area contributed by atoms with E-state index in [1.807, 2.05) is 13.8 Å². The van der Waals surface area contributed by atoms with Gasteiger partial charge in [-0.05, 0) is 32.8 Å². The van der Waals surface area contributed by atoms with Crippen LogP contribution in [0, 0.1) is 25.2 Å². The van der Waals surface area contributed by atoms with Crippen LogP contribution in [-0.4, -0.2) is 42.1 Å². The SMILES string of the molecule is Cc1cc(N2CCN(C3CC3)CC2)c(C#N)c(C)n1. The summed E-state index contributed by atoms with van der Waals surface area (Å²) in [5, 5.41) is 9.34. The molecule has 0 aromatic carbocycles. The number of hydrogen-bond donors (Lipinski definition) is 0. The molecular weight excluding hydrogens is 236 g/mol. The molecule has 1 aromatic heterocycles. The van der Waals surface area contributed by atoms with Crippen LogP contribution in [0.2, 0.25) is 0 Å². The minimum atomic E-state index is 0.741. The Kier molecular flexibility index (Phi) is 3.16. The fraction of sp³-hybridized carbons (Fsp3) is 0.600. The lowest BCUT2D eigenvalue weighted by Gasteiger charge is -2.36. The molecule has 0 atom stereocenters. The number of nitrogens with zero attached hydrogens (tertiary/aromatic N) is 4. The second-order valence-corrected chi connectivity index (χ2v) is 5.61. The number of rotatable bonds is 2. The third kappa shape index (κ3) is 2.43. The van der Waals surface area contributed by atoms with E-state index in [4.69, 9.17) is 0 Å². The summed E-state index contributed by atoms with van der Waals surface area (Å²) in [4.78, 5) is 9.33. The highest BCUT2D eigenvalue weighted by atomic mass is 15.3. The van der Waals surface area contributed by atoms with Crippen LogP contribution < -0.4 is 4.90 Å². The summed E-state index contributed by atoms with van der Waals surface area (Å²) in [5.41, 5.74) is 3.66. The van der Waals surface area contributed by atoms with E-state index in [9.17, 15) is 5.26 Å². The Morgan fingerprint density at radius 1 is 1.21 bits per heavy atom. The standard InChI is InChI=1S/C15H20N4/c1-11-9-15(14(10-16)12(2)17-11)19-7-5-18(6-8-19)13-3-4-13/h9,13H,3-8H2,1-2H3. The van der Waals surface area contributed by atoms with E-state index in [1.165, 1.54) is 12.8 Å². The number of hydrogen-bond acceptors (Lipinski definition) is 4. The van der Waals surface area contributed by atoms with Crippen molar-refractivity contribution in [3.05, 3.63) is 23.0 Å². The fourth-order valence-corrected chi connectivity index (χ4v) is 2.96. The predicted molar refractivity (Wildman–Crippen MR) is 75.2 cm³/mol. The maximum atomic E-state index is 9.34. The molecule has 1 aliphatic heterocycles. The van der Waals surface area contributed by atoms with Crippen LogP contribution in [0.25, 0.3) is 0 Å². The largest absolute Gasteiger partial charge is 0.368 e. The Balaban J connectivity index is 1.81. The summed E-state index contributed by atoms with van der Waals surface area (Å²) in [5.74, 6) is 0. The molecule has 2 heterocycles. The van der Waals surface area contributed by atoms with Crippen molar-refractivity contribution in [1.29, 1.82) is 5.26 Å². The molecule has 1 aliphatic carbocycles. The number of anilines is 1. The van der Waals surface area contributed by atoms with Crippen LogP contribution in [0.15, 0.2) is 6.07 Å². The predicted octanol–water partition coefficient (Wildman–Crippen LogP) is 1.85. The van der Waals surface area contributed by atoms with E-state index >= 15 is 0 Å². The smallest absolute Gasteiger partial charge is 0.103 e. The van der Waals surface area contributed by atoms with Crippen LogP contribution in [0.5, 0.6) is 0 Å². The number of aromatic nitrogens is 1. The first-order valence-electron chi connectivity index (χ1n) is 7.06. The van der Waals surface area contributed by atoms with Crippen LogP contribution in [0.4, 0.5) is 5.69 Å². The van der Waals surface area contributed by atoms with Gasteiger partial charge in [-0.2, -0.15) is 5.26 Å². The van der Waals surface area contributed by atoms with Crippen LogP contribution in [0.1, 0.15) is 29.8 Å². The molecule has 1 saturated heterocycles. The first-order chi connectivity index (χ1) is 9.19. The second-order valence-electron chi connectivity index (χ2n) is 5.61. The highest BCUT2D eigenvalue weighted by Crippen LogP contribution is 2.30. The second kappa shape index (κ2) is 4.82. The Morgan fingerprint density at radius 2 is 1.89 bits per heavy atom. The molecule has 4 heteroatoms. The van der Waals surface area contributed by atoms with Gasteiger partial charge in [0.15, 0.2) is 0 Å². The molecule has 0 unspecified atom stereocenters. The zero-order chi connectivity index (χ0) is 13.4. The monoisotopic (exact) mass is 256 g/mol. The average Bonchev–Trinajstić information content (AvgIpc) is 3.22. The van der Waals surface area contributed by atoms with Gasteiger partial charge in [-0.25, -0.2) is 0 Å². The molecule has 0 radical (unpaired) electrons. The number of nitriles is 1. The van der Waals surface area contributed by atoms with Crippen molar-refractivity contribution < 1.29 is 0 Å². The summed E-state index contributed by atoms with van der Waals surface area (Å²) in [6.45, 7) is 8.21. The zero-order valence-corrected chi connectivity index (χ0v) is 11.7. The van der Waals surface area contributed by atoms with E-state index < -0.39 is 0 Å². The van der Waals surface area contributed by atoms with Gasteiger partial charge >= 0.3 is 0 Å². The van der Waals surface area contributed by atoms with Crippen LogP contribution in [-0.2, 0) is 0 Å². The van der Waals surface area contributed by atoms with E-state index in [0.29, 0.717) is 0 Å². The summed E-state index contributed by atoms with van der Waals surface area (Å²) < 4.78 is 0. The zero-order valence-electron chi connectivity index (χ0n) is 11.7. The van der Waals surface area contributed by atoms with E-state index in [1.54, 1.807) is 0 Å². The van der Waals surface area contributed by atoms with Gasteiger partial charge in [0, 0.05) is 37.9 Å². The number of aryl methyl sites for hydroxylation is 2. The maximum absolute atomic E-state index is 9.34.